The van der Waals surface area contributed by atoms with E-state index in [2.05, 4.69) is 27.7 Å². The molecule has 0 saturated carbocycles. The van der Waals surface area contributed by atoms with Crippen LogP contribution < -0.4 is 0 Å². The maximum absolute atomic E-state index is 5.33. The third-order valence-corrected chi connectivity index (χ3v) is 2.71. The van der Waals surface area contributed by atoms with E-state index in [1.807, 2.05) is 0 Å². The predicted molar refractivity (Wildman–Crippen MR) is 44.1 cm³/mol. The van der Waals surface area contributed by atoms with Gasteiger partial charge in [-0.25, -0.2) is 9.78 Å². The smallest absolute Gasteiger partial charge is 0.106 e. The molecule has 1 rings (SSSR count). The molecule has 0 bridgehead atoms. The molecular formula is C9H18O2. The summed E-state index contributed by atoms with van der Waals surface area (Å²) in [4.78, 5) is 10.3. The monoisotopic (exact) mass is 158 g/mol. The van der Waals surface area contributed by atoms with Crippen molar-refractivity contribution in [1.82, 2.24) is 0 Å². The highest BCUT2D eigenvalue weighted by molar-refractivity contribution is 4.88. The Bertz CT molecular complexity index is 129. The summed E-state index contributed by atoms with van der Waals surface area (Å²) in [5.41, 5.74) is 0.0542. The van der Waals surface area contributed by atoms with Gasteiger partial charge in [0.05, 0.1) is 6.61 Å². The number of hydrogen-bond donors (Lipinski definition) is 0. The second-order valence-corrected chi connectivity index (χ2v) is 4.49. The zero-order valence-electron chi connectivity index (χ0n) is 7.94. The van der Waals surface area contributed by atoms with E-state index in [-0.39, 0.29) is 11.0 Å². The molecule has 1 fully saturated rings. The van der Waals surface area contributed by atoms with Gasteiger partial charge in [-0.3, -0.25) is 0 Å². The molecule has 1 heterocycles. The van der Waals surface area contributed by atoms with E-state index < -0.39 is 0 Å². The fraction of sp³-hybridized carbons (Fsp3) is 1.00. The summed E-state index contributed by atoms with van der Waals surface area (Å²) >= 11 is 0. The average Bonchev–Trinajstić information content (AvgIpc) is 1.87. The maximum Gasteiger partial charge on any atom is 0.106 e. The van der Waals surface area contributed by atoms with Gasteiger partial charge in [0.1, 0.15) is 5.60 Å². The Morgan fingerprint density at radius 3 is 2.18 bits per heavy atom. The first-order valence-corrected chi connectivity index (χ1v) is 4.26. The van der Waals surface area contributed by atoms with Crippen LogP contribution in [0.5, 0.6) is 0 Å². The van der Waals surface area contributed by atoms with Crippen LogP contribution in [-0.4, -0.2) is 12.2 Å². The summed E-state index contributed by atoms with van der Waals surface area (Å²) in [5.74, 6) is 0. The topological polar surface area (TPSA) is 18.5 Å². The lowest BCUT2D eigenvalue weighted by Gasteiger charge is -2.42. The third kappa shape index (κ3) is 1.74. The Labute approximate surface area is 68.8 Å². The van der Waals surface area contributed by atoms with Gasteiger partial charge < -0.3 is 0 Å². The fourth-order valence-electron chi connectivity index (χ4n) is 1.18. The third-order valence-electron chi connectivity index (χ3n) is 2.71. The van der Waals surface area contributed by atoms with Crippen molar-refractivity contribution in [2.75, 3.05) is 6.61 Å². The molecule has 2 nitrogen and oxygen atoms in total. The van der Waals surface area contributed by atoms with E-state index in [1.54, 1.807) is 0 Å². The molecule has 0 aromatic rings. The first-order valence-electron chi connectivity index (χ1n) is 4.26. The summed E-state index contributed by atoms with van der Waals surface area (Å²) in [5, 5.41) is 0. The molecule has 1 aliphatic rings. The van der Waals surface area contributed by atoms with E-state index in [9.17, 15) is 0 Å². The van der Waals surface area contributed by atoms with E-state index in [4.69, 9.17) is 9.78 Å². The van der Waals surface area contributed by atoms with Crippen molar-refractivity contribution in [1.29, 1.82) is 0 Å². The summed E-state index contributed by atoms with van der Waals surface area (Å²) in [6.45, 7) is 9.41. The van der Waals surface area contributed by atoms with Crippen LogP contribution in [0.2, 0.25) is 0 Å². The number of hydrogen-bond acceptors (Lipinski definition) is 2. The van der Waals surface area contributed by atoms with Crippen LogP contribution >= 0.6 is 0 Å². The summed E-state index contributed by atoms with van der Waals surface area (Å²) in [7, 11) is 0. The van der Waals surface area contributed by atoms with Crippen LogP contribution in [-0.2, 0) is 9.78 Å². The molecule has 1 saturated heterocycles. The van der Waals surface area contributed by atoms with Crippen molar-refractivity contribution < 1.29 is 9.78 Å². The molecule has 2 heteroatoms. The van der Waals surface area contributed by atoms with E-state index in [0.717, 1.165) is 19.4 Å². The zero-order chi connectivity index (χ0) is 8.54. The van der Waals surface area contributed by atoms with Gasteiger partial charge in [0.25, 0.3) is 0 Å². The molecule has 11 heavy (non-hydrogen) atoms. The lowest BCUT2D eigenvalue weighted by Crippen LogP contribution is -2.45. The van der Waals surface area contributed by atoms with Crippen LogP contribution in [0.4, 0.5) is 0 Å². The van der Waals surface area contributed by atoms with Crippen molar-refractivity contribution in [3.8, 4) is 0 Å². The van der Waals surface area contributed by atoms with Gasteiger partial charge in [-0.1, -0.05) is 20.8 Å². The highest BCUT2D eigenvalue weighted by atomic mass is 17.2. The van der Waals surface area contributed by atoms with Gasteiger partial charge in [-0.2, -0.15) is 0 Å². The molecule has 0 aromatic heterocycles. The molecule has 0 N–H and O–H groups in total. The molecule has 66 valence electrons. The van der Waals surface area contributed by atoms with E-state index >= 15 is 0 Å². The standard InChI is InChI=1S/C9H18O2/c1-8(2,3)9(4)6-5-7-10-11-9/h5-7H2,1-4H3. The van der Waals surface area contributed by atoms with Gasteiger partial charge in [-0.15, -0.1) is 0 Å². The van der Waals surface area contributed by atoms with Crippen molar-refractivity contribution in [2.24, 2.45) is 5.41 Å². The minimum Gasteiger partial charge on any atom is -0.236 e. The minimum absolute atomic E-state index is 0.106. The lowest BCUT2D eigenvalue weighted by atomic mass is 9.75. The minimum atomic E-state index is -0.106. The molecule has 0 spiro atoms. The van der Waals surface area contributed by atoms with Crippen LogP contribution in [0.15, 0.2) is 0 Å². The van der Waals surface area contributed by atoms with E-state index in [1.165, 1.54) is 0 Å². The maximum atomic E-state index is 5.33. The fourth-order valence-corrected chi connectivity index (χ4v) is 1.18. The molecular weight excluding hydrogens is 140 g/mol. The Balaban J connectivity index is 2.64. The average molecular weight is 158 g/mol. The molecule has 0 aromatic carbocycles. The molecule has 1 unspecified atom stereocenters. The largest absolute Gasteiger partial charge is 0.236 e. The Hall–Kier alpha value is -0.0800. The van der Waals surface area contributed by atoms with Gasteiger partial charge in [0.15, 0.2) is 0 Å². The molecule has 0 amide bonds. The molecule has 1 aliphatic heterocycles. The van der Waals surface area contributed by atoms with Crippen molar-refractivity contribution >= 4 is 0 Å². The van der Waals surface area contributed by atoms with Crippen molar-refractivity contribution in [3.05, 3.63) is 0 Å². The quantitative estimate of drug-likeness (QED) is 0.504. The van der Waals surface area contributed by atoms with Gasteiger partial charge in [0, 0.05) is 0 Å². The Morgan fingerprint density at radius 1 is 1.27 bits per heavy atom. The summed E-state index contributed by atoms with van der Waals surface area (Å²) in [6.07, 6.45) is 2.20. The first-order chi connectivity index (χ1) is 4.96. The second-order valence-electron chi connectivity index (χ2n) is 4.49. The van der Waals surface area contributed by atoms with Crippen molar-refractivity contribution in [3.63, 3.8) is 0 Å². The highest BCUT2D eigenvalue weighted by Gasteiger charge is 2.41. The Kier molecular flexibility index (Phi) is 2.26. The lowest BCUT2D eigenvalue weighted by molar-refractivity contribution is -0.399. The predicted octanol–water partition coefficient (Wildman–Crippen LogP) is 2.53. The molecule has 0 aliphatic carbocycles. The van der Waals surface area contributed by atoms with Crippen LogP contribution in [0, 0.1) is 5.41 Å². The molecule has 1 atom stereocenters. The van der Waals surface area contributed by atoms with Crippen LogP contribution in [0.25, 0.3) is 0 Å². The Morgan fingerprint density at radius 2 is 1.91 bits per heavy atom. The normalized spacial score (nSPS) is 33.8. The summed E-state index contributed by atoms with van der Waals surface area (Å²) in [6, 6.07) is 0. The van der Waals surface area contributed by atoms with Crippen LogP contribution in [0.1, 0.15) is 40.5 Å². The molecule has 0 radical (unpaired) electrons. The first kappa shape index (κ1) is 9.01. The highest BCUT2D eigenvalue weighted by Crippen LogP contribution is 2.39. The van der Waals surface area contributed by atoms with Gasteiger partial charge >= 0.3 is 0 Å². The SMILES string of the molecule is CC(C)(C)C1(C)CCCOO1. The zero-order valence-corrected chi connectivity index (χ0v) is 7.94. The van der Waals surface area contributed by atoms with E-state index in [0.29, 0.717) is 0 Å². The van der Waals surface area contributed by atoms with Crippen molar-refractivity contribution in [2.45, 2.75) is 46.1 Å². The van der Waals surface area contributed by atoms with Crippen LogP contribution in [0.3, 0.4) is 0 Å². The summed E-state index contributed by atoms with van der Waals surface area (Å²) < 4.78 is 0. The van der Waals surface area contributed by atoms with Gasteiger partial charge in [-0.05, 0) is 25.2 Å². The second kappa shape index (κ2) is 2.76. The number of rotatable bonds is 0. The van der Waals surface area contributed by atoms with Gasteiger partial charge in [0.2, 0.25) is 0 Å².